The lowest BCUT2D eigenvalue weighted by Gasteiger charge is -2.15. The maximum Gasteiger partial charge on any atom is 0.171 e. The maximum atomic E-state index is 12.0. The molecular weight excluding hydrogens is 418 g/mol. The Morgan fingerprint density at radius 1 is 1.00 bits per heavy atom. The topological polar surface area (TPSA) is 69.1 Å². The first-order valence-electron chi connectivity index (χ1n) is 12.4. The Morgan fingerprint density at radius 3 is 2.26 bits per heavy atom. The molecule has 3 nitrogen and oxygen atoms in total. The number of benzene rings is 2. The van der Waals surface area contributed by atoms with Crippen LogP contribution in [0.2, 0.25) is 0 Å². The molecule has 2 aromatic carbocycles. The third-order valence-electron chi connectivity index (χ3n) is 6.52. The number of unbranched alkanes of at least 4 members (excludes halogenated alkanes) is 4. The summed E-state index contributed by atoms with van der Waals surface area (Å²) in [7, 11) is 0. The fraction of sp³-hybridized carbons (Fsp3) is 0.387. The highest BCUT2D eigenvalue weighted by molar-refractivity contribution is 6.25. The van der Waals surface area contributed by atoms with Gasteiger partial charge in [0.1, 0.15) is 0 Å². The van der Waals surface area contributed by atoms with Gasteiger partial charge in [-0.2, -0.15) is 0 Å². The first-order valence-corrected chi connectivity index (χ1v) is 12.4. The molecule has 181 valence electrons. The highest BCUT2D eigenvalue weighted by Gasteiger charge is 2.35. The number of rotatable bonds is 11. The van der Waals surface area contributed by atoms with E-state index >= 15 is 0 Å². The minimum Gasteiger partial charge on any atom is -0.344 e. The van der Waals surface area contributed by atoms with Gasteiger partial charge >= 0.3 is 0 Å². The van der Waals surface area contributed by atoms with Gasteiger partial charge in [0.2, 0.25) is 0 Å². The number of hydrogen-bond acceptors (Lipinski definition) is 3. The van der Waals surface area contributed by atoms with E-state index in [4.69, 9.17) is 0 Å². The second-order valence-electron chi connectivity index (χ2n) is 9.33. The summed E-state index contributed by atoms with van der Waals surface area (Å²) in [5, 5.41) is 2.72. The van der Waals surface area contributed by atoms with Crippen LogP contribution in [0.25, 0.3) is 16.3 Å². The molecule has 0 spiro atoms. The minimum atomic E-state index is 0. The van der Waals surface area contributed by atoms with Crippen molar-refractivity contribution in [2.45, 2.75) is 78.1 Å². The van der Waals surface area contributed by atoms with Crippen LogP contribution in [0.4, 0.5) is 0 Å². The standard InChI is InChI=1S/C27H31O.C4H6O.H3N/c1-4-6-7-8-9-10-19-11-14-21-23(16-19)22(20-12-13-20)15-18(3)27(21)25-17-24(25)26(28)5-2;1-3-4(2)5;/h5,11,14-17,20H,2,4,6-10,12-13H2,1,3H3;3H,1H2,2H3;1H3. The number of ketones is 2. The van der Waals surface area contributed by atoms with E-state index in [1.54, 1.807) is 0 Å². The van der Waals surface area contributed by atoms with Crippen molar-refractivity contribution in [1.29, 1.82) is 0 Å². The highest BCUT2D eigenvalue weighted by atomic mass is 16.1. The van der Waals surface area contributed by atoms with Gasteiger partial charge in [-0.3, -0.25) is 9.59 Å². The van der Waals surface area contributed by atoms with Crippen molar-refractivity contribution in [3.63, 3.8) is 0 Å². The maximum absolute atomic E-state index is 12.0. The normalized spacial score (nSPS) is 14.4. The molecule has 2 aliphatic carbocycles. The molecule has 1 saturated carbocycles. The molecule has 34 heavy (non-hydrogen) atoms. The van der Waals surface area contributed by atoms with Crippen LogP contribution < -0.4 is 6.15 Å². The average molecular weight is 459 g/mol. The van der Waals surface area contributed by atoms with Crippen molar-refractivity contribution in [3.05, 3.63) is 83.8 Å². The van der Waals surface area contributed by atoms with Crippen LogP contribution in [0, 0.1) is 12.8 Å². The summed E-state index contributed by atoms with van der Waals surface area (Å²) in [5.41, 5.74) is 6.62. The molecule has 0 atom stereocenters. The SMILES string of the molecule is C=CC(=O)[C]1C=C1c1c(C)cc(C2CC2)c2cc(CCCCCCC)ccc12.C=CC(C)=O.N. The first kappa shape index (κ1) is 27.5. The molecule has 1 fully saturated rings. The van der Waals surface area contributed by atoms with E-state index in [0.717, 1.165) is 17.4 Å². The highest BCUT2D eigenvalue weighted by Crippen LogP contribution is 2.49. The summed E-state index contributed by atoms with van der Waals surface area (Å²) < 4.78 is 0. The van der Waals surface area contributed by atoms with Crippen LogP contribution >= 0.6 is 0 Å². The Kier molecular flexibility index (Phi) is 10.2. The second kappa shape index (κ2) is 12.6. The number of hydrogen-bond donors (Lipinski definition) is 1. The Labute approximate surface area is 205 Å². The first-order chi connectivity index (χ1) is 15.9. The van der Waals surface area contributed by atoms with Gasteiger partial charge in [-0.25, -0.2) is 0 Å². The molecule has 0 bridgehead atoms. The van der Waals surface area contributed by atoms with E-state index in [9.17, 15) is 9.59 Å². The molecule has 0 unspecified atom stereocenters. The Bertz CT molecular complexity index is 1090. The smallest absolute Gasteiger partial charge is 0.171 e. The predicted molar refractivity (Wildman–Crippen MR) is 145 cm³/mol. The fourth-order valence-electron chi connectivity index (χ4n) is 4.45. The van der Waals surface area contributed by atoms with Gasteiger partial charge in [0, 0.05) is 0 Å². The van der Waals surface area contributed by atoms with Gasteiger partial charge < -0.3 is 6.15 Å². The van der Waals surface area contributed by atoms with Crippen LogP contribution in [0.3, 0.4) is 0 Å². The molecule has 4 rings (SSSR count). The molecule has 3 heteroatoms. The van der Waals surface area contributed by atoms with Crippen molar-refractivity contribution in [1.82, 2.24) is 6.15 Å². The number of fused-ring (bicyclic) bond motifs is 1. The van der Waals surface area contributed by atoms with E-state index < -0.39 is 0 Å². The summed E-state index contributed by atoms with van der Waals surface area (Å²) in [5.74, 6) is 1.61. The fourth-order valence-corrected chi connectivity index (χ4v) is 4.45. The van der Waals surface area contributed by atoms with Gasteiger partial charge in [0.25, 0.3) is 0 Å². The molecule has 2 aliphatic rings. The monoisotopic (exact) mass is 458 g/mol. The lowest BCUT2D eigenvalue weighted by molar-refractivity contribution is -0.113. The van der Waals surface area contributed by atoms with Gasteiger partial charge in [-0.1, -0.05) is 76.1 Å². The number of allylic oxidation sites excluding steroid dienone is 4. The van der Waals surface area contributed by atoms with Gasteiger partial charge in [0.05, 0.1) is 5.92 Å². The van der Waals surface area contributed by atoms with Gasteiger partial charge in [-0.05, 0) is 96.2 Å². The van der Waals surface area contributed by atoms with Crippen LogP contribution in [0.1, 0.15) is 87.0 Å². The zero-order chi connectivity index (χ0) is 24.0. The molecular formula is C31H40NO2. The Balaban J connectivity index is 0.000000619. The third kappa shape index (κ3) is 6.87. The van der Waals surface area contributed by atoms with Crippen LogP contribution in [-0.4, -0.2) is 11.6 Å². The Morgan fingerprint density at radius 2 is 1.68 bits per heavy atom. The summed E-state index contributed by atoms with van der Waals surface area (Å²) >= 11 is 0. The molecule has 0 aliphatic heterocycles. The van der Waals surface area contributed by atoms with Gasteiger partial charge in [-0.15, -0.1) is 0 Å². The lowest BCUT2D eigenvalue weighted by Crippen LogP contribution is -1.99. The zero-order valence-electron chi connectivity index (χ0n) is 21.2. The van der Waals surface area contributed by atoms with Crippen molar-refractivity contribution >= 4 is 27.9 Å². The van der Waals surface area contributed by atoms with Crippen molar-refractivity contribution < 1.29 is 9.59 Å². The Hall–Kier alpha value is -2.78. The van der Waals surface area contributed by atoms with E-state index in [0.29, 0.717) is 0 Å². The third-order valence-corrected chi connectivity index (χ3v) is 6.52. The number of carbonyl (C=O) groups is 2. The molecule has 3 N–H and O–H groups in total. The molecule has 2 aromatic rings. The van der Waals surface area contributed by atoms with Gasteiger partial charge in [0.15, 0.2) is 11.6 Å². The molecule has 0 saturated heterocycles. The van der Waals surface area contributed by atoms with Crippen LogP contribution in [0.15, 0.2) is 55.7 Å². The molecule has 0 aromatic heterocycles. The summed E-state index contributed by atoms with van der Waals surface area (Å²) in [6, 6.07) is 9.43. The quantitative estimate of drug-likeness (QED) is 0.272. The minimum absolute atomic E-state index is 0. The van der Waals surface area contributed by atoms with Crippen molar-refractivity contribution in [2.75, 3.05) is 0 Å². The van der Waals surface area contributed by atoms with E-state index in [1.807, 2.05) is 6.08 Å². The van der Waals surface area contributed by atoms with E-state index in [1.165, 1.54) is 103 Å². The van der Waals surface area contributed by atoms with Crippen LogP contribution in [-0.2, 0) is 16.0 Å². The van der Waals surface area contributed by atoms with E-state index in [2.05, 4.69) is 51.3 Å². The van der Waals surface area contributed by atoms with E-state index in [-0.39, 0.29) is 17.7 Å². The molecule has 0 heterocycles. The summed E-state index contributed by atoms with van der Waals surface area (Å²) in [6.07, 6.45) is 15.1. The second-order valence-corrected chi connectivity index (χ2v) is 9.33. The number of carbonyl (C=O) groups excluding carboxylic acids is 2. The van der Waals surface area contributed by atoms with Crippen LogP contribution in [0.5, 0.6) is 0 Å². The predicted octanol–water partition coefficient (Wildman–Crippen LogP) is 8.19. The summed E-state index contributed by atoms with van der Waals surface area (Å²) in [6.45, 7) is 12.8. The molecule has 0 amide bonds. The molecule has 1 radical (unpaired) electrons. The zero-order valence-corrected chi connectivity index (χ0v) is 21.2. The average Bonchev–Trinajstić information content (AvgIpc) is 3.73. The lowest BCUT2D eigenvalue weighted by atomic mass is 9.89. The van der Waals surface area contributed by atoms with Crippen molar-refractivity contribution in [2.24, 2.45) is 0 Å². The largest absolute Gasteiger partial charge is 0.344 e. The summed E-state index contributed by atoms with van der Waals surface area (Å²) in [4.78, 5) is 21.7. The van der Waals surface area contributed by atoms with Crippen molar-refractivity contribution in [3.8, 4) is 0 Å². The number of aryl methyl sites for hydroxylation is 2.